The Balaban J connectivity index is 1.24. The van der Waals surface area contributed by atoms with Crippen molar-refractivity contribution in [1.82, 2.24) is 14.2 Å². The molecule has 11 heteroatoms. The zero-order chi connectivity index (χ0) is 26.2. The van der Waals surface area contributed by atoms with E-state index >= 15 is 0 Å². The number of hydrogen-bond donors (Lipinski definition) is 0. The number of sulfonamides is 1. The Bertz CT molecular complexity index is 1480. The molecule has 2 aliphatic rings. The molecule has 2 aliphatic heterocycles. The summed E-state index contributed by atoms with van der Waals surface area (Å²) in [4.78, 5) is 7.82. The molecule has 3 heterocycles. The van der Waals surface area contributed by atoms with E-state index in [1.807, 2.05) is 17.8 Å². The van der Waals surface area contributed by atoms with Crippen molar-refractivity contribution in [3.63, 3.8) is 0 Å². The van der Waals surface area contributed by atoms with Gasteiger partial charge in [-0.05, 0) is 59.2 Å². The summed E-state index contributed by atoms with van der Waals surface area (Å²) in [6.45, 7) is 3.56. The highest BCUT2D eigenvalue weighted by Crippen LogP contribution is 2.32. The molecule has 1 saturated heterocycles. The van der Waals surface area contributed by atoms with Crippen molar-refractivity contribution in [3.05, 3.63) is 64.8 Å². The van der Waals surface area contributed by atoms with Crippen LogP contribution in [0.15, 0.2) is 53.0 Å². The molecule has 0 saturated carbocycles. The Labute approximate surface area is 222 Å². The number of fused-ring (bicyclic) bond motifs is 1. The van der Waals surface area contributed by atoms with Gasteiger partial charge in [0.05, 0.1) is 23.3 Å². The third kappa shape index (κ3) is 6.23. The molecule has 0 bridgehead atoms. The topological polar surface area (TPSA) is 96.9 Å². The van der Waals surface area contributed by atoms with Gasteiger partial charge in [-0.25, -0.2) is 21.1 Å². The van der Waals surface area contributed by atoms with Crippen LogP contribution in [0.25, 0.3) is 10.4 Å². The lowest BCUT2D eigenvalue weighted by atomic mass is 9.99. The molecule has 198 valence electrons. The average molecular weight is 562 g/mol. The molecule has 0 spiro atoms. The van der Waals surface area contributed by atoms with Crippen LogP contribution in [0.3, 0.4) is 0 Å². The maximum absolute atomic E-state index is 12.6. The molecule has 2 aromatic carbocycles. The monoisotopic (exact) mass is 561 g/mol. The highest BCUT2D eigenvalue weighted by atomic mass is 32.2. The number of sulfone groups is 1. The average Bonchev–Trinajstić information content (AvgIpc) is 3.51. The molecule has 1 aromatic heterocycles. The van der Waals surface area contributed by atoms with E-state index < -0.39 is 19.9 Å². The molecule has 0 atom stereocenters. The minimum absolute atomic E-state index is 0.183. The fourth-order valence-corrected chi connectivity index (χ4v) is 7.37. The molecule has 0 unspecified atom stereocenters. The van der Waals surface area contributed by atoms with Gasteiger partial charge in [-0.15, -0.1) is 11.3 Å². The summed E-state index contributed by atoms with van der Waals surface area (Å²) in [5.41, 5.74) is 6.51. The van der Waals surface area contributed by atoms with Crippen LogP contribution in [-0.2, 0) is 39.5 Å². The second kappa shape index (κ2) is 10.5. The highest BCUT2D eigenvalue weighted by molar-refractivity contribution is 7.90. The van der Waals surface area contributed by atoms with Gasteiger partial charge in [0.2, 0.25) is 10.0 Å². The van der Waals surface area contributed by atoms with Gasteiger partial charge in [0.25, 0.3) is 0 Å². The fourth-order valence-electron chi connectivity index (χ4n) is 5.02. The van der Waals surface area contributed by atoms with E-state index in [1.54, 1.807) is 23.5 Å². The van der Waals surface area contributed by atoms with Crippen LogP contribution in [-0.4, -0.2) is 63.2 Å². The lowest BCUT2D eigenvalue weighted by Gasteiger charge is -2.30. The Kier molecular flexibility index (Phi) is 7.43. The van der Waals surface area contributed by atoms with Crippen LogP contribution < -0.4 is 4.74 Å². The van der Waals surface area contributed by atoms with Crippen LogP contribution in [0.5, 0.6) is 5.75 Å². The molecule has 37 heavy (non-hydrogen) atoms. The van der Waals surface area contributed by atoms with Crippen molar-refractivity contribution >= 4 is 31.2 Å². The first-order valence-electron chi connectivity index (χ1n) is 12.2. The molecule has 1 fully saturated rings. The first kappa shape index (κ1) is 26.3. The second-order valence-electron chi connectivity index (χ2n) is 9.96. The van der Waals surface area contributed by atoms with E-state index in [4.69, 9.17) is 4.74 Å². The number of nitrogens with zero attached hydrogens (tertiary/aromatic N) is 3. The Morgan fingerprint density at radius 1 is 1.00 bits per heavy atom. The van der Waals surface area contributed by atoms with Crippen molar-refractivity contribution < 1.29 is 21.6 Å². The lowest BCUT2D eigenvalue weighted by Crippen LogP contribution is -2.39. The largest absolute Gasteiger partial charge is 0.492 e. The summed E-state index contributed by atoms with van der Waals surface area (Å²) in [6.07, 6.45) is 5.70. The summed E-state index contributed by atoms with van der Waals surface area (Å²) in [5.74, 6) is 0.541. The molecule has 5 rings (SSSR count). The minimum atomic E-state index is -3.49. The van der Waals surface area contributed by atoms with E-state index in [2.05, 4.69) is 28.1 Å². The number of thiazole rings is 1. The standard InChI is InChI=1S/C26H31N3O5S3/c1-36(30,31)26-11-20(3-6-24(26)34-17-19-7-9-29(10-8-19)37(2,32)33)14-28-15-22-5-4-21(12-23(22)16-28)25-13-27-18-35-25/h3-6,11-13,18-19H,7-10,14-17H2,1-2H3. The maximum atomic E-state index is 12.6. The summed E-state index contributed by atoms with van der Waals surface area (Å²) in [7, 11) is -6.67. The van der Waals surface area contributed by atoms with Gasteiger partial charge < -0.3 is 4.74 Å². The predicted octanol–water partition coefficient (Wildman–Crippen LogP) is 3.78. The smallest absolute Gasteiger partial charge is 0.211 e. The molecule has 8 nitrogen and oxygen atoms in total. The van der Waals surface area contributed by atoms with E-state index in [-0.39, 0.29) is 10.8 Å². The van der Waals surface area contributed by atoms with Gasteiger partial charge in [0.15, 0.2) is 9.84 Å². The predicted molar refractivity (Wildman–Crippen MR) is 145 cm³/mol. The molecule has 0 radical (unpaired) electrons. The zero-order valence-electron chi connectivity index (χ0n) is 21.0. The van der Waals surface area contributed by atoms with Crippen LogP contribution in [0.4, 0.5) is 0 Å². The van der Waals surface area contributed by atoms with E-state index in [0.717, 1.165) is 23.5 Å². The first-order valence-corrected chi connectivity index (χ1v) is 16.8. The Morgan fingerprint density at radius 2 is 1.76 bits per heavy atom. The van der Waals surface area contributed by atoms with Gasteiger partial charge in [0.1, 0.15) is 10.6 Å². The van der Waals surface area contributed by atoms with Gasteiger partial charge in [-0.3, -0.25) is 9.88 Å². The van der Waals surface area contributed by atoms with E-state index in [0.29, 0.717) is 44.8 Å². The number of hydrogen-bond acceptors (Lipinski definition) is 8. The molecule has 0 aliphatic carbocycles. The maximum Gasteiger partial charge on any atom is 0.211 e. The molecule has 3 aromatic rings. The van der Waals surface area contributed by atoms with E-state index in [9.17, 15) is 16.8 Å². The van der Waals surface area contributed by atoms with E-state index in [1.165, 1.54) is 33.5 Å². The molecule has 0 N–H and O–H groups in total. The van der Waals surface area contributed by atoms with Gasteiger partial charge in [-0.1, -0.05) is 18.2 Å². The van der Waals surface area contributed by atoms with Gasteiger partial charge >= 0.3 is 0 Å². The summed E-state index contributed by atoms with van der Waals surface area (Å²) in [5, 5.41) is 0. The zero-order valence-corrected chi connectivity index (χ0v) is 23.4. The van der Waals surface area contributed by atoms with Crippen molar-refractivity contribution in [3.8, 4) is 16.2 Å². The molecular weight excluding hydrogens is 531 g/mol. The summed E-state index contributed by atoms with van der Waals surface area (Å²) in [6, 6.07) is 11.9. The third-order valence-electron chi connectivity index (χ3n) is 7.04. The van der Waals surface area contributed by atoms with Crippen molar-refractivity contribution in [2.45, 2.75) is 37.4 Å². The second-order valence-corrected chi connectivity index (χ2v) is 14.8. The molecular formula is C26H31N3O5S3. The lowest BCUT2D eigenvalue weighted by molar-refractivity contribution is 0.183. The van der Waals surface area contributed by atoms with Gasteiger partial charge in [0, 0.05) is 45.2 Å². The normalized spacial score (nSPS) is 17.7. The Hall–Kier alpha value is -2.31. The Morgan fingerprint density at radius 3 is 2.43 bits per heavy atom. The van der Waals surface area contributed by atoms with Gasteiger partial charge in [-0.2, -0.15) is 0 Å². The number of piperidine rings is 1. The minimum Gasteiger partial charge on any atom is -0.492 e. The quantitative estimate of drug-likeness (QED) is 0.413. The van der Waals surface area contributed by atoms with Crippen LogP contribution in [0, 0.1) is 5.92 Å². The number of aromatic nitrogens is 1. The highest BCUT2D eigenvalue weighted by Gasteiger charge is 2.26. The van der Waals surface area contributed by atoms with Crippen molar-refractivity contribution in [2.24, 2.45) is 5.92 Å². The van der Waals surface area contributed by atoms with Crippen molar-refractivity contribution in [1.29, 1.82) is 0 Å². The van der Waals surface area contributed by atoms with Crippen LogP contribution in [0.1, 0.15) is 29.5 Å². The van der Waals surface area contributed by atoms with Crippen molar-refractivity contribution in [2.75, 3.05) is 32.2 Å². The van der Waals surface area contributed by atoms with Crippen LogP contribution >= 0.6 is 11.3 Å². The summed E-state index contributed by atoms with van der Waals surface area (Å²) < 4.78 is 56.1. The van der Waals surface area contributed by atoms with Crippen LogP contribution in [0.2, 0.25) is 0 Å². The SMILES string of the molecule is CS(=O)(=O)c1cc(CN2Cc3ccc(-c4cncs4)cc3C2)ccc1OCC1CCN(S(C)(=O)=O)CC1. The number of benzene rings is 2. The molecule has 0 amide bonds. The third-order valence-corrected chi connectivity index (χ3v) is 10.3. The number of ether oxygens (including phenoxy) is 1. The number of rotatable bonds is 8. The first-order chi connectivity index (χ1) is 17.6. The fraction of sp³-hybridized carbons (Fsp3) is 0.423. The summed E-state index contributed by atoms with van der Waals surface area (Å²) >= 11 is 1.62.